The molecule has 7 heteroatoms. The van der Waals surface area contributed by atoms with E-state index in [0.717, 1.165) is 0 Å². The van der Waals surface area contributed by atoms with Crippen LogP contribution in [-0.4, -0.2) is 11.5 Å². The van der Waals surface area contributed by atoms with E-state index in [1.807, 2.05) is 0 Å². The number of hydrogen-bond donors (Lipinski definition) is 0. The van der Waals surface area contributed by atoms with Crippen LogP contribution >= 0.6 is 11.6 Å². The maximum atomic E-state index is 12.1. The quantitative estimate of drug-likeness (QED) is 0.791. The molecule has 0 fully saturated rings. The van der Waals surface area contributed by atoms with E-state index in [2.05, 4.69) is 9.89 Å². The molecular formula is C12H9ClF3NO2. The fourth-order valence-electron chi connectivity index (χ4n) is 1.62. The third kappa shape index (κ3) is 3.41. The molecule has 0 amide bonds. The molecule has 2 rings (SSSR count). The Balaban J connectivity index is 2.29. The average Bonchev–Trinajstić information content (AvgIpc) is 2.75. The van der Waals surface area contributed by atoms with E-state index in [4.69, 9.17) is 16.1 Å². The lowest BCUT2D eigenvalue weighted by atomic mass is 10.1. The van der Waals surface area contributed by atoms with Crippen LogP contribution in [0.5, 0.6) is 5.75 Å². The van der Waals surface area contributed by atoms with Crippen molar-refractivity contribution in [3.05, 3.63) is 35.6 Å². The number of aromatic nitrogens is 1. The van der Waals surface area contributed by atoms with Crippen LogP contribution in [0.1, 0.15) is 11.3 Å². The maximum absolute atomic E-state index is 12.1. The minimum atomic E-state index is -4.70. The molecule has 102 valence electrons. The van der Waals surface area contributed by atoms with Gasteiger partial charge in [-0.2, -0.15) is 0 Å². The van der Waals surface area contributed by atoms with Crippen LogP contribution in [0.15, 0.2) is 28.8 Å². The van der Waals surface area contributed by atoms with Gasteiger partial charge >= 0.3 is 6.36 Å². The second-order valence-electron chi connectivity index (χ2n) is 3.84. The molecule has 1 aromatic heterocycles. The number of aryl methyl sites for hydroxylation is 1. The van der Waals surface area contributed by atoms with E-state index in [9.17, 15) is 13.2 Å². The predicted molar refractivity (Wildman–Crippen MR) is 62.9 cm³/mol. The summed E-state index contributed by atoms with van der Waals surface area (Å²) < 4.78 is 45.0. The van der Waals surface area contributed by atoms with E-state index in [-0.39, 0.29) is 11.6 Å². The minimum absolute atomic E-state index is 0.182. The molecule has 3 nitrogen and oxygen atoms in total. The van der Waals surface area contributed by atoms with Gasteiger partial charge in [-0.3, -0.25) is 0 Å². The minimum Gasteiger partial charge on any atom is -0.406 e. The zero-order valence-electron chi connectivity index (χ0n) is 9.79. The lowest BCUT2D eigenvalue weighted by Crippen LogP contribution is -2.17. The van der Waals surface area contributed by atoms with Crippen LogP contribution in [0.2, 0.25) is 0 Å². The Kier molecular flexibility index (Phi) is 3.71. The van der Waals surface area contributed by atoms with Crippen molar-refractivity contribution in [2.45, 2.75) is 19.2 Å². The molecule has 0 spiro atoms. The highest BCUT2D eigenvalue weighted by atomic mass is 35.5. The van der Waals surface area contributed by atoms with Gasteiger partial charge in [0.25, 0.3) is 0 Å². The highest BCUT2D eigenvalue weighted by Gasteiger charge is 2.31. The molecule has 0 unspecified atom stereocenters. The van der Waals surface area contributed by atoms with Crippen LogP contribution in [-0.2, 0) is 5.88 Å². The zero-order valence-corrected chi connectivity index (χ0v) is 10.5. The molecule has 0 bridgehead atoms. The second-order valence-corrected chi connectivity index (χ2v) is 4.10. The molecule has 0 radical (unpaired) electrons. The highest BCUT2D eigenvalue weighted by molar-refractivity contribution is 6.16. The fourth-order valence-corrected chi connectivity index (χ4v) is 1.75. The first-order chi connectivity index (χ1) is 8.89. The van der Waals surface area contributed by atoms with Gasteiger partial charge in [-0.1, -0.05) is 5.16 Å². The lowest BCUT2D eigenvalue weighted by Gasteiger charge is -2.10. The van der Waals surface area contributed by atoms with Gasteiger partial charge < -0.3 is 9.26 Å². The Bertz CT molecular complexity index is 581. The molecule has 0 saturated heterocycles. The fraction of sp³-hybridized carbons (Fsp3) is 0.250. The third-order valence-electron chi connectivity index (χ3n) is 2.40. The van der Waals surface area contributed by atoms with Crippen LogP contribution in [0, 0.1) is 6.92 Å². The summed E-state index contributed by atoms with van der Waals surface area (Å²) in [5.74, 6) is 0.405. The zero-order chi connectivity index (χ0) is 14.0. The van der Waals surface area contributed by atoms with Crippen molar-refractivity contribution in [2.24, 2.45) is 0 Å². The van der Waals surface area contributed by atoms with E-state index in [1.54, 1.807) is 13.0 Å². The van der Waals surface area contributed by atoms with Gasteiger partial charge in [-0.05, 0) is 30.7 Å². The molecule has 19 heavy (non-hydrogen) atoms. The predicted octanol–water partition coefficient (Wildman–Crippen LogP) is 4.29. The SMILES string of the molecule is Cc1cc(OC(F)(F)F)ccc1-c1cc(CCl)on1. The Morgan fingerprint density at radius 1 is 1.32 bits per heavy atom. The van der Waals surface area contributed by atoms with Crippen molar-refractivity contribution in [1.82, 2.24) is 5.16 Å². The summed E-state index contributed by atoms with van der Waals surface area (Å²) in [6, 6.07) is 5.65. The van der Waals surface area contributed by atoms with Crippen LogP contribution in [0.25, 0.3) is 11.3 Å². The van der Waals surface area contributed by atoms with Crippen molar-refractivity contribution < 1.29 is 22.4 Å². The van der Waals surface area contributed by atoms with Gasteiger partial charge in [-0.15, -0.1) is 24.8 Å². The molecule has 0 aliphatic carbocycles. The Hall–Kier alpha value is -1.69. The molecule has 1 heterocycles. The lowest BCUT2D eigenvalue weighted by molar-refractivity contribution is -0.274. The number of halogens is 4. The number of ether oxygens (including phenoxy) is 1. The summed E-state index contributed by atoms with van der Waals surface area (Å²) in [4.78, 5) is 0. The summed E-state index contributed by atoms with van der Waals surface area (Å²) in [7, 11) is 0. The summed E-state index contributed by atoms with van der Waals surface area (Å²) in [6.45, 7) is 1.66. The first-order valence-corrected chi connectivity index (χ1v) is 5.81. The van der Waals surface area contributed by atoms with Crippen molar-refractivity contribution >= 4 is 11.6 Å². The van der Waals surface area contributed by atoms with E-state index in [0.29, 0.717) is 22.6 Å². The monoisotopic (exact) mass is 291 g/mol. The van der Waals surface area contributed by atoms with Crippen LogP contribution in [0.4, 0.5) is 13.2 Å². The van der Waals surface area contributed by atoms with Crippen molar-refractivity contribution in [3.63, 3.8) is 0 Å². The topological polar surface area (TPSA) is 35.3 Å². The van der Waals surface area contributed by atoms with Gasteiger partial charge in [0.1, 0.15) is 11.4 Å². The molecule has 0 aliphatic heterocycles. The maximum Gasteiger partial charge on any atom is 0.573 e. The average molecular weight is 292 g/mol. The van der Waals surface area contributed by atoms with Gasteiger partial charge in [0.05, 0.1) is 5.88 Å². The first kappa shape index (κ1) is 13.7. The molecule has 0 N–H and O–H groups in total. The van der Waals surface area contributed by atoms with Crippen molar-refractivity contribution in [3.8, 4) is 17.0 Å². The molecular weight excluding hydrogens is 283 g/mol. The smallest absolute Gasteiger partial charge is 0.406 e. The Labute approximate surface area is 111 Å². The second kappa shape index (κ2) is 5.13. The van der Waals surface area contributed by atoms with Gasteiger partial charge in [0.2, 0.25) is 0 Å². The largest absolute Gasteiger partial charge is 0.573 e. The van der Waals surface area contributed by atoms with Gasteiger partial charge in [0, 0.05) is 11.6 Å². The number of rotatable bonds is 3. The van der Waals surface area contributed by atoms with E-state index >= 15 is 0 Å². The number of nitrogens with zero attached hydrogens (tertiary/aromatic N) is 1. The summed E-state index contributed by atoms with van der Waals surface area (Å²) in [6.07, 6.45) is -4.70. The Morgan fingerprint density at radius 2 is 2.05 bits per heavy atom. The molecule has 2 aromatic rings. The standard InChI is InChI=1S/C12H9ClF3NO2/c1-7-4-8(18-12(14,15)16)2-3-10(7)11-5-9(6-13)19-17-11/h2-5H,6H2,1H3. The van der Waals surface area contributed by atoms with Crippen LogP contribution in [0.3, 0.4) is 0 Å². The summed E-state index contributed by atoms with van der Waals surface area (Å²) in [5.41, 5.74) is 1.78. The van der Waals surface area contributed by atoms with Crippen LogP contribution < -0.4 is 4.74 Å². The molecule has 0 aliphatic rings. The summed E-state index contributed by atoms with van der Waals surface area (Å²) in [5, 5.41) is 3.80. The first-order valence-electron chi connectivity index (χ1n) is 5.27. The third-order valence-corrected chi connectivity index (χ3v) is 2.66. The molecule has 0 atom stereocenters. The van der Waals surface area contributed by atoms with Gasteiger partial charge in [0.15, 0.2) is 5.76 Å². The van der Waals surface area contributed by atoms with Crippen molar-refractivity contribution in [1.29, 1.82) is 0 Å². The Morgan fingerprint density at radius 3 is 2.58 bits per heavy atom. The van der Waals surface area contributed by atoms with Gasteiger partial charge in [-0.25, -0.2) is 0 Å². The normalized spacial score (nSPS) is 11.6. The molecule has 0 saturated carbocycles. The number of benzene rings is 1. The van der Waals surface area contributed by atoms with Crippen molar-refractivity contribution in [2.75, 3.05) is 0 Å². The van der Waals surface area contributed by atoms with E-state index in [1.165, 1.54) is 18.2 Å². The number of hydrogen-bond acceptors (Lipinski definition) is 3. The number of alkyl halides is 4. The summed E-state index contributed by atoms with van der Waals surface area (Å²) >= 11 is 5.59. The van der Waals surface area contributed by atoms with E-state index < -0.39 is 6.36 Å². The highest BCUT2D eigenvalue weighted by Crippen LogP contribution is 2.29. The molecule has 1 aromatic carbocycles.